The highest BCUT2D eigenvalue weighted by Crippen LogP contribution is 2.32. The molecule has 1 fully saturated rings. The van der Waals surface area contributed by atoms with Gasteiger partial charge in [-0.05, 0) is 43.7 Å². The maximum Gasteiger partial charge on any atom is 0.243 e. The van der Waals surface area contributed by atoms with Gasteiger partial charge in [-0.15, -0.1) is 0 Å². The second kappa shape index (κ2) is 6.46. The molecule has 0 bridgehead atoms. The number of aliphatic hydroxyl groups excluding tert-OH is 1. The van der Waals surface area contributed by atoms with Gasteiger partial charge in [0.05, 0.1) is 4.90 Å². The monoisotopic (exact) mass is 311 g/mol. The summed E-state index contributed by atoms with van der Waals surface area (Å²) in [6, 6.07) is 6.98. The van der Waals surface area contributed by atoms with Crippen LogP contribution < -0.4 is 0 Å². The third-order valence-corrected chi connectivity index (χ3v) is 6.01. The number of sulfonamides is 1. The Bertz CT molecular complexity index is 566. The van der Waals surface area contributed by atoms with E-state index in [0.29, 0.717) is 17.4 Å². The fraction of sp³-hybridized carbons (Fsp3) is 0.625. The van der Waals surface area contributed by atoms with Gasteiger partial charge in [0, 0.05) is 19.2 Å². The molecule has 21 heavy (non-hydrogen) atoms. The largest absolute Gasteiger partial charge is 0.396 e. The van der Waals surface area contributed by atoms with Crippen molar-refractivity contribution < 1.29 is 13.5 Å². The third kappa shape index (κ3) is 3.65. The van der Waals surface area contributed by atoms with Crippen LogP contribution in [0.2, 0.25) is 0 Å². The molecule has 0 unspecified atom stereocenters. The van der Waals surface area contributed by atoms with Gasteiger partial charge < -0.3 is 5.11 Å². The van der Waals surface area contributed by atoms with Gasteiger partial charge >= 0.3 is 0 Å². The molecular weight excluding hydrogens is 286 g/mol. The van der Waals surface area contributed by atoms with Crippen LogP contribution in [0.25, 0.3) is 0 Å². The molecule has 1 N–H and O–H groups in total. The molecule has 0 radical (unpaired) electrons. The molecule has 0 spiro atoms. The molecule has 0 aliphatic carbocycles. The van der Waals surface area contributed by atoms with Crippen LogP contribution in [0, 0.1) is 18.8 Å². The molecule has 1 aliphatic heterocycles. The molecule has 0 aromatic heterocycles. The maximum atomic E-state index is 12.8. The summed E-state index contributed by atoms with van der Waals surface area (Å²) >= 11 is 0. The van der Waals surface area contributed by atoms with Crippen molar-refractivity contribution in [1.29, 1.82) is 0 Å². The first-order valence-corrected chi connectivity index (χ1v) is 8.98. The fourth-order valence-electron chi connectivity index (χ4n) is 3.01. The molecule has 2 rings (SSSR count). The smallest absolute Gasteiger partial charge is 0.243 e. The Morgan fingerprint density at radius 3 is 2.43 bits per heavy atom. The van der Waals surface area contributed by atoms with Crippen molar-refractivity contribution in [2.45, 2.75) is 44.6 Å². The Balaban J connectivity index is 2.29. The molecule has 1 heterocycles. The topological polar surface area (TPSA) is 57.6 Å². The number of nitrogens with zero attached hydrogens (tertiary/aromatic N) is 1. The third-order valence-electron chi connectivity index (χ3n) is 4.08. The van der Waals surface area contributed by atoms with Crippen LogP contribution in [-0.2, 0) is 10.0 Å². The predicted octanol–water partition coefficient (Wildman–Crippen LogP) is 2.41. The molecule has 4 nitrogen and oxygen atoms in total. The number of hydrogen-bond acceptors (Lipinski definition) is 3. The van der Waals surface area contributed by atoms with Crippen LogP contribution in [-0.4, -0.2) is 37.0 Å². The van der Waals surface area contributed by atoms with Gasteiger partial charge in [0.2, 0.25) is 10.0 Å². The van der Waals surface area contributed by atoms with Crippen LogP contribution >= 0.6 is 0 Å². The summed E-state index contributed by atoms with van der Waals surface area (Å²) in [6.07, 6.45) is 1.58. The van der Waals surface area contributed by atoms with Crippen LogP contribution in [0.1, 0.15) is 32.3 Å². The number of rotatable bonds is 5. The van der Waals surface area contributed by atoms with Gasteiger partial charge in [-0.3, -0.25) is 0 Å². The minimum Gasteiger partial charge on any atom is -0.396 e. The molecular formula is C16H25NO3S. The average Bonchev–Trinajstić information content (AvgIpc) is 2.82. The Hall–Kier alpha value is -0.910. The van der Waals surface area contributed by atoms with Gasteiger partial charge in [0.25, 0.3) is 0 Å². The quantitative estimate of drug-likeness (QED) is 0.908. The van der Waals surface area contributed by atoms with Crippen LogP contribution in [0.5, 0.6) is 0 Å². The van der Waals surface area contributed by atoms with Crippen molar-refractivity contribution in [3.05, 3.63) is 29.8 Å². The number of aliphatic hydroxyl groups is 1. The first-order valence-electron chi connectivity index (χ1n) is 7.54. The first kappa shape index (κ1) is 16.5. The zero-order valence-electron chi connectivity index (χ0n) is 13.0. The zero-order chi connectivity index (χ0) is 15.6. The summed E-state index contributed by atoms with van der Waals surface area (Å²) in [4.78, 5) is 0.348. The maximum absolute atomic E-state index is 12.8. The Morgan fingerprint density at radius 1 is 1.29 bits per heavy atom. The summed E-state index contributed by atoms with van der Waals surface area (Å²) in [5.74, 6) is 0.483. The lowest BCUT2D eigenvalue weighted by molar-refractivity contribution is 0.232. The van der Waals surface area contributed by atoms with Crippen molar-refractivity contribution in [2.75, 3.05) is 13.2 Å². The summed E-state index contributed by atoms with van der Waals surface area (Å²) < 4.78 is 27.3. The molecule has 1 aromatic carbocycles. The molecule has 1 aromatic rings. The van der Waals surface area contributed by atoms with Crippen LogP contribution in [0.3, 0.4) is 0 Å². The number of aryl methyl sites for hydroxylation is 1. The van der Waals surface area contributed by atoms with E-state index in [9.17, 15) is 13.5 Å². The van der Waals surface area contributed by atoms with E-state index in [2.05, 4.69) is 13.8 Å². The standard InChI is InChI=1S/C16H25NO3S/c1-12(2)8-15-9-14(11-18)10-17(15)21(19,20)16-6-4-13(3)5-7-16/h4-7,12,14-15,18H,8-11H2,1-3H3/t14-,15-/m1/s1. The summed E-state index contributed by atoms with van der Waals surface area (Å²) in [6.45, 7) is 6.61. The highest BCUT2D eigenvalue weighted by atomic mass is 32.2. The van der Waals surface area contributed by atoms with Crippen molar-refractivity contribution in [3.8, 4) is 0 Å². The Morgan fingerprint density at radius 2 is 1.90 bits per heavy atom. The van der Waals surface area contributed by atoms with Crippen LogP contribution in [0.4, 0.5) is 0 Å². The molecule has 5 heteroatoms. The summed E-state index contributed by atoms with van der Waals surface area (Å²) in [5.41, 5.74) is 1.04. The van der Waals surface area contributed by atoms with Crippen LogP contribution in [0.15, 0.2) is 29.2 Å². The number of benzene rings is 1. The van der Waals surface area contributed by atoms with E-state index in [1.807, 2.05) is 19.1 Å². The van der Waals surface area contributed by atoms with Gasteiger partial charge in [-0.25, -0.2) is 8.42 Å². The fourth-order valence-corrected chi connectivity index (χ4v) is 4.73. The van der Waals surface area contributed by atoms with E-state index in [0.717, 1.165) is 18.4 Å². The SMILES string of the molecule is Cc1ccc(S(=O)(=O)N2C[C@H](CO)C[C@H]2CC(C)C)cc1. The van der Waals surface area contributed by atoms with Gasteiger partial charge in [-0.1, -0.05) is 31.5 Å². The highest BCUT2D eigenvalue weighted by molar-refractivity contribution is 7.89. The lowest BCUT2D eigenvalue weighted by Gasteiger charge is -2.25. The van der Waals surface area contributed by atoms with E-state index >= 15 is 0 Å². The van der Waals surface area contributed by atoms with Gasteiger partial charge in [0.15, 0.2) is 0 Å². The van der Waals surface area contributed by atoms with Crippen molar-refractivity contribution in [3.63, 3.8) is 0 Å². The molecule has 0 amide bonds. The predicted molar refractivity (Wildman–Crippen MR) is 83.5 cm³/mol. The lowest BCUT2D eigenvalue weighted by Crippen LogP contribution is -2.36. The molecule has 2 atom stereocenters. The van der Waals surface area contributed by atoms with Gasteiger partial charge in [-0.2, -0.15) is 4.31 Å². The van der Waals surface area contributed by atoms with E-state index in [4.69, 9.17) is 0 Å². The molecule has 118 valence electrons. The van der Waals surface area contributed by atoms with E-state index in [-0.39, 0.29) is 18.6 Å². The normalized spacial score (nSPS) is 23.9. The molecule has 1 aliphatic rings. The second-order valence-electron chi connectivity index (χ2n) is 6.46. The average molecular weight is 311 g/mol. The molecule has 1 saturated heterocycles. The van der Waals surface area contributed by atoms with Gasteiger partial charge in [0.1, 0.15) is 0 Å². The highest BCUT2D eigenvalue weighted by Gasteiger charge is 2.39. The second-order valence-corrected chi connectivity index (χ2v) is 8.35. The van der Waals surface area contributed by atoms with Crippen molar-refractivity contribution in [1.82, 2.24) is 4.31 Å². The van der Waals surface area contributed by atoms with Crippen molar-refractivity contribution in [2.24, 2.45) is 11.8 Å². The van der Waals surface area contributed by atoms with E-state index in [1.54, 1.807) is 16.4 Å². The lowest BCUT2D eigenvalue weighted by atomic mass is 9.99. The van der Waals surface area contributed by atoms with E-state index in [1.165, 1.54) is 0 Å². The minimum atomic E-state index is -3.47. The Kier molecular flexibility index (Phi) is 5.07. The minimum absolute atomic E-state index is 0.00606. The first-order chi connectivity index (χ1) is 9.84. The van der Waals surface area contributed by atoms with Crippen molar-refractivity contribution >= 4 is 10.0 Å². The Labute approximate surface area is 127 Å². The number of hydrogen-bond donors (Lipinski definition) is 1. The summed E-state index contributed by atoms with van der Waals surface area (Å²) in [7, 11) is -3.47. The molecule has 0 saturated carbocycles. The van der Waals surface area contributed by atoms with E-state index < -0.39 is 10.0 Å². The summed E-state index contributed by atoms with van der Waals surface area (Å²) in [5, 5.41) is 9.39. The zero-order valence-corrected chi connectivity index (χ0v) is 13.8.